The molecule has 216 valence electrons. The Labute approximate surface area is 234 Å². The van der Waals surface area contributed by atoms with Crippen LogP contribution in [0.25, 0.3) is 11.3 Å². The summed E-state index contributed by atoms with van der Waals surface area (Å²) in [6.45, 7) is 5.98. The predicted octanol–water partition coefficient (Wildman–Crippen LogP) is 2.71. The highest BCUT2D eigenvalue weighted by molar-refractivity contribution is 6.01. The Morgan fingerprint density at radius 1 is 1.07 bits per heavy atom. The monoisotopic (exact) mass is 570 g/mol. The van der Waals surface area contributed by atoms with Crippen LogP contribution in [-0.4, -0.2) is 72.4 Å². The van der Waals surface area contributed by atoms with Crippen LogP contribution in [0.3, 0.4) is 0 Å². The van der Waals surface area contributed by atoms with Crippen molar-refractivity contribution in [1.29, 1.82) is 0 Å². The Morgan fingerprint density at radius 2 is 1.73 bits per heavy atom. The number of amides is 2. The standard InChI is InChI=1S/C28H29F3N6O4/c1-18-25(19(2)40)27(20-14-21(29)26(31)22(30)15-20)37(28(41)33-18)36(17-39)9-5-8-34-10-12-35(13-11-34)24-7-4-3-6-23(24)32-16-38/h3-4,6-7,14-17H,5,8-13H2,1-2H3,(H,32,38). The number of nitrogens with zero attached hydrogens (tertiary/aromatic N) is 5. The van der Waals surface area contributed by atoms with Gasteiger partial charge in [0, 0.05) is 44.8 Å². The fourth-order valence-electron chi connectivity index (χ4n) is 5.04. The van der Waals surface area contributed by atoms with E-state index in [0.717, 1.165) is 21.1 Å². The van der Waals surface area contributed by atoms with Crippen molar-refractivity contribution in [3.05, 3.63) is 75.6 Å². The lowest BCUT2D eigenvalue weighted by atomic mass is 10.0. The number of anilines is 2. The Kier molecular flexibility index (Phi) is 9.17. The summed E-state index contributed by atoms with van der Waals surface area (Å²) in [4.78, 5) is 56.8. The molecule has 0 unspecified atom stereocenters. The number of ketones is 1. The predicted molar refractivity (Wildman–Crippen MR) is 147 cm³/mol. The summed E-state index contributed by atoms with van der Waals surface area (Å²) in [7, 11) is 0. The molecule has 3 aromatic rings. The van der Waals surface area contributed by atoms with Gasteiger partial charge >= 0.3 is 5.69 Å². The van der Waals surface area contributed by atoms with E-state index in [9.17, 15) is 32.3 Å². The average molecular weight is 571 g/mol. The van der Waals surface area contributed by atoms with E-state index in [1.54, 1.807) is 0 Å². The molecule has 1 fully saturated rings. The van der Waals surface area contributed by atoms with Crippen LogP contribution >= 0.6 is 0 Å². The number of benzene rings is 2. The van der Waals surface area contributed by atoms with E-state index in [1.807, 2.05) is 24.3 Å². The fraction of sp³-hybridized carbons (Fsp3) is 0.321. The van der Waals surface area contributed by atoms with E-state index < -0.39 is 28.9 Å². The maximum Gasteiger partial charge on any atom is 0.367 e. The van der Waals surface area contributed by atoms with Crippen molar-refractivity contribution < 1.29 is 27.6 Å². The zero-order valence-electron chi connectivity index (χ0n) is 22.6. The van der Waals surface area contributed by atoms with Crippen LogP contribution in [0.5, 0.6) is 0 Å². The highest BCUT2D eigenvalue weighted by Gasteiger charge is 2.26. The molecule has 13 heteroatoms. The number of rotatable bonds is 11. The number of hydrogen-bond donors (Lipinski definition) is 1. The number of hydrogen-bond acceptors (Lipinski definition) is 7. The molecule has 1 aromatic heterocycles. The Balaban J connectivity index is 1.52. The summed E-state index contributed by atoms with van der Waals surface area (Å²) in [6, 6.07) is 8.83. The number of nitrogens with one attached hydrogen (secondary N) is 1. The van der Waals surface area contributed by atoms with E-state index in [4.69, 9.17) is 0 Å². The largest absolute Gasteiger partial charge is 0.367 e. The number of aromatic nitrogens is 2. The smallest absolute Gasteiger partial charge is 0.367 e. The number of halogens is 3. The molecule has 4 rings (SSSR count). The second-order valence-electron chi connectivity index (χ2n) is 9.56. The van der Waals surface area contributed by atoms with Crippen molar-refractivity contribution in [2.24, 2.45) is 0 Å². The van der Waals surface area contributed by atoms with E-state index in [0.29, 0.717) is 64.1 Å². The minimum absolute atomic E-state index is 0.00697. The highest BCUT2D eigenvalue weighted by atomic mass is 19.2. The maximum atomic E-state index is 14.2. The molecule has 0 atom stereocenters. The van der Waals surface area contributed by atoms with E-state index >= 15 is 0 Å². The maximum absolute atomic E-state index is 14.2. The molecule has 0 saturated carbocycles. The molecular formula is C28H29F3N6O4. The number of Topliss-reactive ketones (excluding diaryl/α,β-unsaturated/α-hetero) is 1. The molecule has 2 aromatic carbocycles. The summed E-state index contributed by atoms with van der Waals surface area (Å²) < 4.78 is 42.8. The van der Waals surface area contributed by atoms with Gasteiger partial charge in [0.2, 0.25) is 12.8 Å². The molecule has 0 aliphatic carbocycles. The van der Waals surface area contributed by atoms with Crippen molar-refractivity contribution in [3.8, 4) is 11.3 Å². The van der Waals surface area contributed by atoms with Gasteiger partial charge in [-0.05, 0) is 44.5 Å². The minimum Gasteiger partial charge on any atom is -0.367 e. The van der Waals surface area contributed by atoms with Gasteiger partial charge in [-0.25, -0.2) is 23.0 Å². The molecule has 1 aliphatic heterocycles. The SMILES string of the molecule is CC(=O)c1c(C)nc(=O)n(N(C=O)CCCN2CCN(c3ccccc3NC=O)CC2)c1-c1cc(F)c(F)c(F)c1. The lowest BCUT2D eigenvalue weighted by molar-refractivity contribution is -0.109. The molecule has 2 amide bonds. The zero-order valence-corrected chi connectivity index (χ0v) is 22.6. The lowest BCUT2D eigenvalue weighted by Crippen LogP contribution is -2.48. The van der Waals surface area contributed by atoms with Crippen LogP contribution in [0.15, 0.2) is 41.2 Å². The Bertz CT molecular complexity index is 1500. The summed E-state index contributed by atoms with van der Waals surface area (Å²) in [5, 5.41) is 3.70. The molecular weight excluding hydrogens is 541 g/mol. The van der Waals surface area contributed by atoms with Gasteiger partial charge in [0.15, 0.2) is 23.2 Å². The van der Waals surface area contributed by atoms with Crippen LogP contribution in [0.2, 0.25) is 0 Å². The third-order valence-corrected chi connectivity index (χ3v) is 6.94. The van der Waals surface area contributed by atoms with Crippen LogP contribution in [0.4, 0.5) is 24.5 Å². The first-order chi connectivity index (χ1) is 19.7. The molecule has 10 nitrogen and oxygen atoms in total. The number of para-hydroxylation sites is 2. The van der Waals surface area contributed by atoms with Gasteiger partial charge < -0.3 is 10.2 Å². The van der Waals surface area contributed by atoms with Crippen LogP contribution in [-0.2, 0) is 9.59 Å². The molecule has 2 heterocycles. The quantitative estimate of drug-likeness (QED) is 0.215. The zero-order chi connectivity index (χ0) is 29.7. The van der Waals surface area contributed by atoms with Gasteiger partial charge in [-0.15, -0.1) is 0 Å². The molecule has 1 aliphatic rings. The van der Waals surface area contributed by atoms with Crippen LogP contribution in [0, 0.1) is 24.4 Å². The molecule has 0 spiro atoms. The highest BCUT2D eigenvalue weighted by Crippen LogP contribution is 2.28. The van der Waals surface area contributed by atoms with Gasteiger partial charge in [-0.1, -0.05) is 12.1 Å². The molecule has 41 heavy (non-hydrogen) atoms. The van der Waals surface area contributed by atoms with E-state index in [2.05, 4.69) is 20.1 Å². The first kappa shape index (κ1) is 29.5. The number of piperazine rings is 1. The Morgan fingerprint density at radius 3 is 2.34 bits per heavy atom. The van der Waals surface area contributed by atoms with Crippen LogP contribution < -0.4 is 20.9 Å². The van der Waals surface area contributed by atoms with Crippen molar-refractivity contribution in [3.63, 3.8) is 0 Å². The summed E-state index contributed by atoms with van der Waals surface area (Å²) >= 11 is 0. The summed E-state index contributed by atoms with van der Waals surface area (Å²) in [5.74, 6) is -5.28. The molecule has 0 radical (unpaired) electrons. The van der Waals surface area contributed by atoms with Gasteiger partial charge in [0.05, 0.1) is 28.3 Å². The second kappa shape index (κ2) is 12.8. The molecule has 0 bridgehead atoms. The first-order valence-electron chi connectivity index (χ1n) is 12.9. The number of carbonyl (C=O) groups is 3. The normalized spacial score (nSPS) is 13.6. The third-order valence-electron chi connectivity index (χ3n) is 6.94. The fourth-order valence-corrected chi connectivity index (χ4v) is 5.04. The van der Waals surface area contributed by atoms with Gasteiger partial charge in [-0.2, -0.15) is 9.66 Å². The van der Waals surface area contributed by atoms with Gasteiger partial charge in [0.25, 0.3) is 0 Å². The first-order valence-corrected chi connectivity index (χ1v) is 12.9. The van der Waals surface area contributed by atoms with Crippen molar-refractivity contribution in [2.45, 2.75) is 20.3 Å². The number of aryl methyl sites for hydroxylation is 1. The van der Waals surface area contributed by atoms with Crippen molar-refractivity contribution in [1.82, 2.24) is 14.6 Å². The lowest BCUT2D eigenvalue weighted by Gasteiger charge is -2.37. The van der Waals surface area contributed by atoms with E-state index in [1.165, 1.54) is 13.8 Å². The topological polar surface area (TPSA) is 108 Å². The van der Waals surface area contributed by atoms with Crippen LogP contribution in [0.1, 0.15) is 29.4 Å². The summed E-state index contributed by atoms with van der Waals surface area (Å²) in [6.07, 6.45) is 1.43. The van der Waals surface area contributed by atoms with Gasteiger partial charge in [0.1, 0.15) is 0 Å². The van der Waals surface area contributed by atoms with Crippen molar-refractivity contribution >= 4 is 30.0 Å². The third kappa shape index (κ3) is 6.30. The van der Waals surface area contributed by atoms with E-state index in [-0.39, 0.29) is 29.1 Å². The molecule has 1 saturated heterocycles. The number of carbonyl (C=O) groups excluding carboxylic acids is 3. The van der Waals surface area contributed by atoms with Gasteiger partial charge in [-0.3, -0.25) is 19.3 Å². The van der Waals surface area contributed by atoms with Crippen molar-refractivity contribution in [2.75, 3.05) is 54.5 Å². The minimum atomic E-state index is -1.70. The molecule has 1 N–H and O–H groups in total. The Hall–Kier alpha value is -4.52. The summed E-state index contributed by atoms with van der Waals surface area (Å²) in [5.41, 5.74) is 0.0416. The second-order valence-corrected chi connectivity index (χ2v) is 9.56. The average Bonchev–Trinajstić information content (AvgIpc) is 2.94.